The van der Waals surface area contributed by atoms with E-state index in [0.29, 0.717) is 0 Å². The van der Waals surface area contributed by atoms with Crippen LogP contribution in [0.25, 0.3) is 10.9 Å². The molecule has 2 aliphatic rings. The molecule has 0 unspecified atom stereocenters. The fraction of sp³-hybridized carbons (Fsp3) is 0.423. The molecular weight excluding hydrogens is 370 g/mol. The van der Waals surface area contributed by atoms with Gasteiger partial charge in [-0.1, -0.05) is 44.2 Å². The second-order valence-electron chi connectivity index (χ2n) is 8.14. The molecule has 158 valence electrons. The van der Waals surface area contributed by atoms with Gasteiger partial charge in [0, 0.05) is 54.9 Å². The van der Waals surface area contributed by atoms with E-state index < -0.39 is 0 Å². The van der Waals surface area contributed by atoms with Gasteiger partial charge in [-0.3, -0.25) is 9.69 Å². The first-order valence-corrected chi connectivity index (χ1v) is 11.5. The van der Waals surface area contributed by atoms with Crippen molar-refractivity contribution < 1.29 is 4.79 Å². The second-order valence-corrected chi connectivity index (χ2v) is 8.14. The highest BCUT2D eigenvalue weighted by Gasteiger charge is 2.22. The Labute approximate surface area is 179 Å². The van der Waals surface area contributed by atoms with Crippen molar-refractivity contribution in [1.82, 2.24) is 14.8 Å². The first-order valence-electron chi connectivity index (χ1n) is 11.5. The molecule has 30 heavy (non-hydrogen) atoms. The average Bonchev–Trinajstić information content (AvgIpc) is 3.18. The number of aromatic nitrogens is 1. The number of H-pyrrole nitrogens is 1. The molecule has 5 rings (SSSR count). The van der Waals surface area contributed by atoms with Gasteiger partial charge in [-0.05, 0) is 55.0 Å². The summed E-state index contributed by atoms with van der Waals surface area (Å²) in [6, 6.07) is 16.8. The lowest BCUT2D eigenvalue weighted by Gasteiger charge is -2.28. The van der Waals surface area contributed by atoms with Crippen LogP contribution < -0.4 is 0 Å². The first-order chi connectivity index (χ1) is 14.8. The summed E-state index contributed by atoms with van der Waals surface area (Å²) in [5.74, 6) is 0.193. The Morgan fingerprint density at radius 1 is 0.967 bits per heavy atom. The minimum Gasteiger partial charge on any atom is -0.357 e. The highest BCUT2D eigenvalue weighted by atomic mass is 16.2. The summed E-state index contributed by atoms with van der Waals surface area (Å²) in [5.41, 5.74) is 6.11. The summed E-state index contributed by atoms with van der Waals surface area (Å²) < 4.78 is 0. The van der Waals surface area contributed by atoms with Gasteiger partial charge in [0.1, 0.15) is 0 Å². The van der Waals surface area contributed by atoms with Crippen LogP contribution in [0.15, 0.2) is 48.5 Å². The molecule has 1 saturated heterocycles. The largest absolute Gasteiger partial charge is 0.357 e. The maximum atomic E-state index is 12.8. The molecule has 0 spiro atoms. The number of benzene rings is 2. The third-order valence-corrected chi connectivity index (χ3v) is 6.19. The third kappa shape index (κ3) is 4.29. The number of carbonyl (C=O) groups excluding carboxylic acids is 1. The molecule has 3 heterocycles. The maximum absolute atomic E-state index is 12.8. The van der Waals surface area contributed by atoms with Crippen molar-refractivity contribution in [2.75, 3.05) is 19.6 Å². The number of carbonyl (C=O) groups is 1. The number of likely N-dealkylation sites (tertiary alicyclic amines) is 1. The predicted molar refractivity (Wildman–Crippen MR) is 124 cm³/mol. The number of hydrogen-bond acceptors (Lipinski definition) is 2. The number of para-hydroxylation sites is 1. The van der Waals surface area contributed by atoms with Crippen LogP contribution in [0.5, 0.6) is 0 Å². The number of aromatic amines is 1. The Balaban J connectivity index is 0.00000106. The summed E-state index contributed by atoms with van der Waals surface area (Å²) in [5, 5.41) is 1.37. The van der Waals surface area contributed by atoms with Crippen molar-refractivity contribution in [3.05, 3.63) is 70.9 Å². The number of nitrogens with one attached hydrogen (secondary N) is 1. The zero-order valence-corrected chi connectivity index (χ0v) is 18.3. The first kappa shape index (κ1) is 20.7. The van der Waals surface area contributed by atoms with E-state index in [1.165, 1.54) is 34.1 Å². The van der Waals surface area contributed by atoms with E-state index in [0.717, 1.165) is 57.5 Å². The molecule has 2 aliphatic heterocycles. The minimum absolute atomic E-state index is 0.193. The smallest absolute Gasteiger partial charge is 0.253 e. The van der Waals surface area contributed by atoms with E-state index in [1.807, 2.05) is 30.9 Å². The molecule has 0 aliphatic carbocycles. The molecule has 0 radical (unpaired) electrons. The van der Waals surface area contributed by atoms with Crippen molar-refractivity contribution >= 4 is 16.8 Å². The Morgan fingerprint density at radius 2 is 1.77 bits per heavy atom. The van der Waals surface area contributed by atoms with Crippen LogP contribution in [0, 0.1) is 0 Å². The number of hydrogen-bond donors (Lipinski definition) is 1. The lowest BCUT2D eigenvalue weighted by atomic mass is 10.0. The molecule has 1 amide bonds. The fourth-order valence-electron chi connectivity index (χ4n) is 4.72. The lowest BCUT2D eigenvalue weighted by molar-refractivity contribution is 0.0724. The van der Waals surface area contributed by atoms with Crippen molar-refractivity contribution in [2.24, 2.45) is 0 Å². The topological polar surface area (TPSA) is 39.3 Å². The van der Waals surface area contributed by atoms with Crippen LogP contribution >= 0.6 is 0 Å². The molecule has 1 fully saturated rings. The molecule has 4 nitrogen and oxygen atoms in total. The highest BCUT2D eigenvalue weighted by molar-refractivity contribution is 5.94. The minimum atomic E-state index is 0.193. The quantitative estimate of drug-likeness (QED) is 0.638. The second kappa shape index (κ2) is 9.48. The zero-order valence-electron chi connectivity index (χ0n) is 18.3. The van der Waals surface area contributed by atoms with E-state index in [9.17, 15) is 4.79 Å². The van der Waals surface area contributed by atoms with E-state index in [4.69, 9.17) is 0 Å². The van der Waals surface area contributed by atoms with Gasteiger partial charge in [-0.2, -0.15) is 0 Å². The van der Waals surface area contributed by atoms with Gasteiger partial charge in [0.2, 0.25) is 0 Å². The monoisotopic (exact) mass is 403 g/mol. The third-order valence-electron chi connectivity index (χ3n) is 6.19. The van der Waals surface area contributed by atoms with Crippen LogP contribution in [-0.2, 0) is 19.5 Å². The van der Waals surface area contributed by atoms with Gasteiger partial charge >= 0.3 is 0 Å². The molecule has 4 heteroatoms. The van der Waals surface area contributed by atoms with E-state index >= 15 is 0 Å². The maximum Gasteiger partial charge on any atom is 0.253 e. The Kier molecular flexibility index (Phi) is 6.53. The van der Waals surface area contributed by atoms with Crippen LogP contribution in [-0.4, -0.2) is 40.3 Å². The SMILES string of the molecule is CC.O=C(c1cccc(CN2CCc3c([nH]c4ccccc34)C2)c1)N1CCCCC1. The van der Waals surface area contributed by atoms with Crippen LogP contribution in [0.2, 0.25) is 0 Å². The summed E-state index contributed by atoms with van der Waals surface area (Å²) in [6.45, 7) is 8.68. The van der Waals surface area contributed by atoms with Gasteiger partial charge in [0.15, 0.2) is 0 Å². The van der Waals surface area contributed by atoms with Gasteiger partial charge in [-0.15, -0.1) is 0 Å². The molecule has 3 aromatic rings. The molecule has 2 aromatic carbocycles. The predicted octanol–water partition coefficient (Wildman–Crippen LogP) is 5.38. The van der Waals surface area contributed by atoms with Crippen LogP contribution in [0.1, 0.15) is 60.3 Å². The normalized spacial score (nSPS) is 16.7. The van der Waals surface area contributed by atoms with Crippen LogP contribution in [0.4, 0.5) is 0 Å². The van der Waals surface area contributed by atoms with Gasteiger partial charge in [0.05, 0.1) is 0 Å². The summed E-state index contributed by atoms with van der Waals surface area (Å²) in [6.07, 6.45) is 4.58. The number of nitrogens with zero attached hydrogens (tertiary/aromatic N) is 2. The van der Waals surface area contributed by atoms with Gasteiger partial charge in [-0.25, -0.2) is 0 Å². The summed E-state index contributed by atoms with van der Waals surface area (Å²) >= 11 is 0. The van der Waals surface area contributed by atoms with Crippen molar-refractivity contribution in [3.63, 3.8) is 0 Å². The Morgan fingerprint density at radius 3 is 2.60 bits per heavy atom. The van der Waals surface area contributed by atoms with Gasteiger partial charge < -0.3 is 9.88 Å². The van der Waals surface area contributed by atoms with Crippen molar-refractivity contribution in [3.8, 4) is 0 Å². The highest BCUT2D eigenvalue weighted by Crippen LogP contribution is 2.28. The Bertz CT molecular complexity index is 1000. The lowest BCUT2D eigenvalue weighted by Crippen LogP contribution is -2.35. The van der Waals surface area contributed by atoms with E-state index in [1.54, 1.807) is 0 Å². The molecule has 1 N–H and O–H groups in total. The van der Waals surface area contributed by atoms with Crippen molar-refractivity contribution in [2.45, 2.75) is 52.6 Å². The van der Waals surface area contributed by atoms with Crippen LogP contribution in [0.3, 0.4) is 0 Å². The molecule has 1 aromatic heterocycles. The van der Waals surface area contributed by atoms with E-state index in [2.05, 4.69) is 46.3 Å². The molecule has 0 bridgehead atoms. The summed E-state index contributed by atoms with van der Waals surface area (Å²) in [7, 11) is 0. The standard InChI is InChI=1S/C24H27N3O.C2H6/c28-24(27-12-4-1-5-13-27)19-8-6-7-18(15-19)16-26-14-11-21-20-9-2-3-10-22(20)25-23(21)17-26;1-2/h2-3,6-10,15,25H,1,4-5,11-14,16-17H2;1-2H3. The number of rotatable bonds is 3. The fourth-order valence-corrected chi connectivity index (χ4v) is 4.72. The molecular formula is C26H33N3O. The Hall–Kier alpha value is -2.59. The van der Waals surface area contributed by atoms with Crippen molar-refractivity contribution in [1.29, 1.82) is 0 Å². The average molecular weight is 404 g/mol. The number of fused-ring (bicyclic) bond motifs is 3. The molecule has 0 atom stereocenters. The van der Waals surface area contributed by atoms with Gasteiger partial charge in [0.25, 0.3) is 5.91 Å². The number of amides is 1. The van der Waals surface area contributed by atoms with E-state index in [-0.39, 0.29) is 5.91 Å². The zero-order chi connectivity index (χ0) is 20.9. The molecule has 0 saturated carbocycles. The summed E-state index contributed by atoms with van der Waals surface area (Å²) in [4.78, 5) is 20.9. The number of piperidine rings is 1.